The summed E-state index contributed by atoms with van der Waals surface area (Å²) in [5.41, 5.74) is -1.62. The third kappa shape index (κ3) is 3.81. The van der Waals surface area contributed by atoms with Gasteiger partial charge in [0, 0.05) is 61.9 Å². The Morgan fingerprint density at radius 3 is 2.18 bits per heavy atom. The van der Waals surface area contributed by atoms with Gasteiger partial charge in [0.1, 0.15) is 11.6 Å². The zero-order valence-electron chi connectivity index (χ0n) is 20.3. The van der Waals surface area contributed by atoms with Gasteiger partial charge in [0.05, 0.1) is 10.5 Å². The molecular formula is C24H26F4N6O3S. The van der Waals surface area contributed by atoms with Crippen molar-refractivity contribution in [3.63, 3.8) is 0 Å². The second-order valence-electron chi connectivity index (χ2n) is 11.9. The van der Waals surface area contributed by atoms with Gasteiger partial charge in [-0.05, 0) is 43.9 Å². The molecule has 3 aliphatic heterocycles. The average Bonchev–Trinajstić information content (AvgIpc) is 3.46. The number of H-pyrrole nitrogens is 1. The monoisotopic (exact) mass is 554 g/mol. The van der Waals surface area contributed by atoms with Crippen molar-refractivity contribution in [2.24, 2.45) is 10.8 Å². The van der Waals surface area contributed by atoms with Crippen LogP contribution in [0.1, 0.15) is 54.7 Å². The van der Waals surface area contributed by atoms with Crippen molar-refractivity contribution in [3.8, 4) is 0 Å². The van der Waals surface area contributed by atoms with E-state index in [4.69, 9.17) is 0 Å². The van der Waals surface area contributed by atoms with Gasteiger partial charge in [-0.2, -0.15) is 22.6 Å². The number of benzene rings is 1. The molecule has 1 aromatic carbocycles. The number of urea groups is 1. The van der Waals surface area contributed by atoms with E-state index < -0.39 is 37.9 Å². The molecule has 2 spiro atoms. The highest BCUT2D eigenvalue weighted by Gasteiger charge is 2.60. The van der Waals surface area contributed by atoms with Crippen LogP contribution in [0.15, 0.2) is 23.1 Å². The van der Waals surface area contributed by atoms with Crippen LogP contribution in [0.5, 0.6) is 0 Å². The molecule has 5 aliphatic rings. The molecular weight excluding hydrogens is 528 g/mol. The maximum Gasteiger partial charge on any atom is 0.416 e. The molecule has 7 rings (SSSR count). The normalized spacial score (nSPS) is 24.6. The first-order valence-electron chi connectivity index (χ1n) is 12.7. The van der Waals surface area contributed by atoms with Crippen LogP contribution in [0.3, 0.4) is 0 Å². The summed E-state index contributed by atoms with van der Waals surface area (Å²) in [7, 11) is -4.27. The van der Waals surface area contributed by atoms with Crippen molar-refractivity contribution >= 4 is 16.1 Å². The Labute approximate surface area is 216 Å². The minimum atomic E-state index is -4.86. The Bertz CT molecular complexity index is 1410. The van der Waals surface area contributed by atoms with Crippen molar-refractivity contribution in [1.82, 2.24) is 29.3 Å². The van der Waals surface area contributed by atoms with E-state index in [-0.39, 0.29) is 30.6 Å². The lowest BCUT2D eigenvalue weighted by molar-refractivity contribution is -0.137. The van der Waals surface area contributed by atoms with Gasteiger partial charge in [-0.3, -0.25) is 5.10 Å². The van der Waals surface area contributed by atoms with E-state index >= 15 is 0 Å². The van der Waals surface area contributed by atoms with Gasteiger partial charge in [-0.15, -0.1) is 0 Å². The van der Waals surface area contributed by atoms with Crippen molar-refractivity contribution in [1.29, 1.82) is 0 Å². The standard InChI is InChI=1S/C24H26F4N6O3S/c25-17-3-16(24(26,27)28)4-18(5-17)38(36,37)34-12-23(13-34)10-33(11-23)21(35)32-8-22(9-32)6-15(7-22)20-29-19(30-31-20)14-1-2-14/h3-5,14-15H,1-2,6-13H2,(H,29,30,31). The predicted octanol–water partition coefficient (Wildman–Crippen LogP) is 3.15. The molecule has 0 atom stereocenters. The molecule has 204 valence electrons. The Kier molecular flexibility index (Phi) is 4.91. The fourth-order valence-corrected chi connectivity index (χ4v) is 8.25. The maximum absolute atomic E-state index is 13.7. The molecule has 9 nitrogen and oxygen atoms in total. The molecule has 2 aliphatic carbocycles. The number of rotatable bonds is 4. The van der Waals surface area contributed by atoms with Gasteiger partial charge in [0.15, 0.2) is 5.82 Å². The number of amides is 2. The van der Waals surface area contributed by atoms with Crippen LogP contribution in [-0.4, -0.2) is 83.0 Å². The van der Waals surface area contributed by atoms with Gasteiger partial charge < -0.3 is 9.80 Å². The average molecular weight is 555 g/mol. The minimum Gasteiger partial charge on any atom is -0.323 e. The highest BCUT2D eigenvalue weighted by Crippen LogP contribution is 2.56. The van der Waals surface area contributed by atoms with Crippen molar-refractivity contribution < 1.29 is 30.8 Å². The van der Waals surface area contributed by atoms with Crippen molar-refractivity contribution in [3.05, 3.63) is 41.2 Å². The first-order valence-corrected chi connectivity index (χ1v) is 14.1. The smallest absolute Gasteiger partial charge is 0.323 e. The molecule has 0 unspecified atom stereocenters. The van der Waals surface area contributed by atoms with Crippen molar-refractivity contribution in [2.45, 2.75) is 48.6 Å². The summed E-state index contributed by atoms with van der Waals surface area (Å²) in [4.78, 5) is 20.3. The fraction of sp³-hybridized carbons (Fsp3) is 0.625. The third-order valence-corrected chi connectivity index (χ3v) is 10.5. The van der Waals surface area contributed by atoms with Crippen LogP contribution >= 0.6 is 0 Å². The number of aromatic nitrogens is 3. The second kappa shape index (κ2) is 7.68. The predicted molar refractivity (Wildman–Crippen MR) is 124 cm³/mol. The molecule has 3 saturated heterocycles. The van der Waals surface area contributed by atoms with Crippen LogP contribution < -0.4 is 0 Å². The summed E-state index contributed by atoms with van der Waals surface area (Å²) in [6.45, 7) is 2.33. The number of halogens is 4. The van der Waals surface area contributed by atoms with Crippen LogP contribution in [0.2, 0.25) is 0 Å². The number of nitrogens with zero attached hydrogens (tertiary/aromatic N) is 5. The summed E-state index contributed by atoms with van der Waals surface area (Å²) in [6, 6.07) is 1.26. The number of hydrogen-bond acceptors (Lipinski definition) is 5. The van der Waals surface area contributed by atoms with E-state index in [1.165, 1.54) is 12.8 Å². The molecule has 1 aromatic heterocycles. The molecule has 0 bridgehead atoms. The van der Waals surface area contributed by atoms with Gasteiger partial charge >= 0.3 is 12.2 Å². The number of alkyl halides is 3. The van der Waals surface area contributed by atoms with E-state index in [1.807, 2.05) is 4.90 Å². The molecule has 2 amide bonds. The zero-order chi connectivity index (χ0) is 26.7. The van der Waals surface area contributed by atoms with Crippen molar-refractivity contribution in [2.75, 3.05) is 39.3 Å². The summed E-state index contributed by atoms with van der Waals surface area (Å²) in [6.07, 6.45) is -0.594. The van der Waals surface area contributed by atoms with Gasteiger partial charge in [0.25, 0.3) is 0 Å². The summed E-state index contributed by atoms with van der Waals surface area (Å²) in [5, 5.41) is 7.43. The first-order chi connectivity index (χ1) is 17.8. The van der Waals surface area contributed by atoms with E-state index in [9.17, 15) is 30.8 Å². The minimum absolute atomic E-state index is 0.0696. The summed E-state index contributed by atoms with van der Waals surface area (Å²) in [5.74, 6) is 1.47. The Balaban J connectivity index is 0.900. The Morgan fingerprint density at radius 1 is 0.947 bits per heavy atom. The fourth-order valence-electron chi connectivity index (χ4n) is 6.53. The summed E-state index contributed by atoms with van der Waals surface area (Å²) >= 11 is 0. The topological polar surface area (TPSA) is 102 Å². The van der Waals surface area contributed by atoms with Crippen LogP contribution in [0.4, 0.5) is 22.4 Å². The molecule has 5 fully saturated rings. The first kappa shape index (κ1) is 24.3. The molecule has 2 saturated carbocycles. The van der Waals surface area contributed by atoms with E-state index in [1.54, 1.807) is 4.90 Å². The molecule has 14 heteroatoms. The van der Waals surface area contributed by atoms with Crippen LogP contribution in [0, 0.1) is 16.6 Å². The quantitative estimate of drug-likeness (QED) is 0.586. The highest BCUT2D eigenvalue weighted by atomic mass is 32.2. The van der Waals surface area contributed by atoms with Crippen LogP contribution in [0.25, 0.3) is 0 Å². The number of likely N-dealkylation sites (tertiary alicyclic amines) is 2. The number of nitrogens with one attached hydrogen (secondary N) is 1. The van der Waals surface area contributed by atoms with Gasteiger partial charge in [-0.25, -0.2) is 22.6 Å². The zero-order valence-corrected chi connectivity index (χ0v) is 21.2. The number of carbonyl (C=O) groups excluding carboxylic acids is 1. The molecule has 1 N–H and O–H groups in total. The highest BCUT2D eigenvalue weighted by molar-refractivity contribution is 7.89. The lowest BCUT2D eigenvalue weighted by atomic mass is 9.57. The van der Waals surface area contributed by atoms with Crippen LogP contribution in [-0.2, 0) is 16.2 Å². The maximum atomic E-state index is 13.7. The lowest BCUT2D eigenvalue weighted by Crippen LogP contribution is -2.76. The Hall–Kier alpha value is -2.74. The van der Waals surface area contributed by atoms with Gasteiger partial charge in [-0.1, -0.05) is 0 Å². The van der Waals surface area contributed by atoms with E-state index in [0.29, 0.717) is 50.1 Å². The number of sulfonamides is 1. The second-order valence-corrected chi connectivity index (χ2v) is 13.8. The molecule has 4 heterocycles. The third-order valence-electron chi connectivity index (χ3n) is 8.71. The Morgan fingerprint density at radius 2 is 1.58 bits per heavy atom. The molecule has 2 aromatic rings. The lowest BCUT2D eigenvalue weighted by Gasteiger charge is -2.63. The SMILES string of the molecule is O=C(N1CC2(CC(c3n[nH]c(C4CC4)n3)C2)C1)N1CC2(C1)CN(S(=O)(=O)c1cc(F)cc(C(F)(F)F)c1)C2. The van der Waals surface area contributed by atoms with E-state index in [0.717, 1.165) is 28.8 Å². The molecule has 0 radical (unpaired) electrons. The summed E-state index contributed by atoms with van der Waals surface area (Å²) < 4.78 is 79.5. The number of carbonyl (C=O) groups is 1. The molecule has 38 heavy (non-hydrogen) atoms. The number of hydrogen-bond donors (Lipinski definition) is 1. The largest absolute Gasteiger partial charge is 0.416 e. The van der Waals surface area contributed by atoms with E-state index in [2.05, 4.69) is 15.2 Å². The van der Waals surface area contributed by atoms with Gasteiger partial charge in [0.2, 0.25) is 10.0 Å². The number of aromatic amines is 1.